The summed E-state index contributed by atoms with van der Waals surface area (Å²) in [6, 6.07) is 6.51. The van der Waals surface area contributed by atoms with E-state index in [2.05, 4.69) is 15.7 Å². The molecule has 0 atom stereocenters. The van der Waals surface area contributed by atoms with Crippen molar-refractivity contribution >= 4 is 29.1 Å². The molecule has 2 N–H and O–H groups in total. The molecule has 0 saturated carbocycles. The molecule has 1 aromatic heterocycles. The second-order valence-electron chi connectivity index (χ2n) is 4.31. The Hall–Kier alpha value is -2.34. The number of nitrogens with zero attached hydrogens (tertiary/aromatic N) is 2. The van der Waals surface area contributed by atoms with Crippen LogP contribution in [0.3, 0.4) is 0 Å². The van der Waals surface area contributed by atoms with Crippen LogP contribution in [0.1, 0.15) is 17.3 Å². The van der Waals surface area contributed by atoms with Gasteiger partial charge in [0.15, 0.2) is 0 Å². The number of hydrogen-bond acceptors (Lipinski definition) is 3. The van der Waals surface area contributed by atoms with Crippen molar-refractivity contribution in [3.63, 3.8) is 0 Å². The summed E-state index contributed by atoms with van der Waals surface area (Å²) < 4.78 is 1.51. The fourth-order valence-corrected chi connectivity index (χ4v) is 1.98. The van der Waals surface area contributed by atoms with Gasteiger partial charge in [0.25, 0.3) is 5.91 Å². The van der Waals surface area contributed by atoms with Crippen molar-refractivity contribution in [2.24, 2.45) is 0 Å². The zero-order valence-corrected chi connectivity index (χ0v) is 12.2. The van der Waals surface area contributed by atoms with Gasteiger partial charge < -0.3 is 10.6 Å². The molecule has 2 rings (SSSR count). The highest BCUT2D eigenvalue weighted by Crippen LogP contribution is 2.20. The molecule has 0 aliphatic rings. The molecule has 0 saturated heterocycles. The van der Waals surface area contributed by atoms with Crippen molar-refractivity contribution in [3.05, 3.63) is 47.2 Å². The molecule has 2 aromatic rings. The molecule has 7 heteroatoms. The second kappa shape index (κ2) is 6.90. The minimum Gasteiger partial charge on any atom is -0.352 e. The number of halogens is 1. The summed E-state index contributed by atoms with van der Waals surface area (Å²) in [5.74, 6) is -0.506. The van der Waals surface area contributed by atoms with Crippen molar-refractivity contribution in [2.45, 2.75) is 13.5 Å². The highest BCUT2D eigenvalue weighted by Gasteiger charge is 2.11. The standard InChI is InChI=1S/C14H15ClN4O2/c1-2-16-14(21)11-8-10(4-5-12(11)15)18-13(20)9-19-7-3-6-17-19/h3-8H,2,9H2,1H3,(H,16,21)(H,18,20). The first-order valence-electron chi connectivity index (χ1n) is 6.45. The molecule has 1 heterocycles. The molecule has 0 aliphatic heterocycles. The van der Waals surface area contributed by atoms with Crippen LogP contribution in [-0.2, 0) is 11.3 Å². The predicted molar refractivity (Wildman–Crippen MR) is 80.3 cm³/mol. The molecule has 21 heavy (non-hydrogen) atoms. The van der Waals surface area contributed by atoms with Crippen LogP contribution in [0.25, 0.3) is 0 Å². The van der Waals surface area contributed by atoms with E-state index in [1.807, 2.05) is 6.92 Å². The summed E-state index contributed by atoms with van der Waals surface area (Å²) in [4.78, 5) is 23.7. The van der Waals surface area contributed by atoms with E-state index in [1.54, 1.807) is 36.7 Å². The van der Waals surface area contributed by atoms with Gasteiger partial charge in [-0.3, -0.25) is 14.3 Å². The van der Waals surface area contributed by atoms with E-state index >= 15 is 0 Å². The normalized spacial score (nSPS) is 10.2. The van der Waals surface area contributed by atoms with E-state index in [1.165, 1.54) is 4.68 Å². The largest absolute Gasteiger partial charge is 0.352 e. The fourth-order valence-electron chi connectivity index (χ4n) is 1.77. The molecule has 0 fully saturated rings. The second-order valence-corrected chi connectivity index (χ2v) is 4.71. The zero-order valence-electron chi connectivity index (χ0n) is 11.5. The van der Waals surface area contributed by atoms with Gasteiger partial charge in [-0.2, -0.15) is 5.10 Å². The van der Waals surface area contributed by atoms with Gasteiger partial charge in [0.2, 0.25) is 5.91 Å². The van der Waals surface area contributed by atoms with Gasteiger partial charge in [-0.05, 0) is 31.2 Å². The number of nitrogens with one attached hydrogen (secondary N) is 2. The Morgan fingerprint density at radius 3 is 2.86 bits per heavy atom. The third-order valence-corrected chi connectivity index (χ3v) is 3.03. The number of anilines is 1. The smallest absolute Gasteiger partial charge is 0.252 e. The van der Waals surface area contributed by atoms with Gasteiger partial charge in [-0.25, -0.2) is 0 Å². The number of carbonyl (C=O) groups is 2. The van der Waals surface area contributed by atoms with E-state index in [4.69, 9.17) is 11.6 Å². The number of carbonyl (C=O) groups excluding carboxylic acids is 2. The molecule has 0 spiro atoms. The maximum atomic E-state index is 11.9. The quantitative estimate of drug-likeness (QED) is 0.886. The molecule has 0 bridgehead atoms. The lowest BCUT2D eigenvalue weighted by atomic mass is 10.2. The average Bonchev–Trinajstić information content (AvgIpc) is 2.94. The minimum atomic E-state index is -0.273. The van der Waals surface area contributed by atoms with Gasteiger partial charge >= 0.3 is 0 Å². The zero-order chi connectivity index (χ0) is 15.2. The molecule has 0 radical (unpaired) electrons. The van der Waals surface area contributed by atoms with Crippen molar-refractivity contribution in [1.29, 1.82) is 0 Å². The lowest BCUT2D eigenvalue weighted by Crippen LogP contribution is -2.23. The van der Waals surface area contributed by atoms with E-state index in [-0.39, 0.29) is 18.4 Å². The predicted octanol–water partition coefficient (Wildman–Crippen LogP) is 1.92. The number of rotatable bonds is 5. The number of benzene rings is 1. The first kappa shape index (κ1) is 15.1. The average molecular weight is 307 g/mol. The molecule has 110 valence electrons. The third-order valence-electron chi connectivity index (χ3n) is 2.70. The Bertz CT molecular complexity index is 640. The van der Waals surface area contributed by atoms with Crippen LogP contribution in [0.15, 0.2) is 36.7 Å². The summed E-state index contributed by atoms with van der Waals surface area (Å²) in [5.41, 5.74) is 0.841. The Morgan fingerprint density at radius 1 is 1.38 bits per heavy atom. The molecule has 2 amide bonds. The lowest BCUT2D eigenvalue weighted by Gasteiger charge is -2.09. The number of aromatic nitrogens is 2. The van der Waals surface area contributed by atoms with Gasteiger partial charge in [0.05, 0.1) is 10.6 Å². The summed E-state index contributed by atoms with van der Waals surface area (Å²) >= 11 is 5.99. The molecular weight excluding hydrogens is 292 g/mol. The maximum absolute atomic E-state index is 11.9. The number of hydrogen-bond donors (Lipinski definition) is 2. The van der Waals surface area contributed by atoms with Gasteiger partial charge in [0.1, 0.15) is 6.54 Å². The Balaban J connectivity index is 2.08. The van der Waals surface area contributed by atoms with Gasteiger partial charge in [-0.1, -0.05) is 11.6 Å². The maximum Gasteiger partial charge on any atom is 0.252 e. The van der Waals surface area contributed by atoms with Crippen LogP contribution in [-0.4, -0.2) is 28.1 Å². The van der Waals surface area contributed by atoms with Crippen LogP contribution < -0.4 is 10.6 Å². The van der Waals surface area contributed by atoms with Crippen LogP contribution in [0.5, 0.6) is 0 Å². The van der Waals surface area contributed by atoms with E-state index in [9.17, 15) is 9.59 Å². The van der Waals surface area contributed by atoms with E-state index in [0.717, 1.165) is 0 Å². The molecular formula is C14H15ClN4O2. The summed E-state index contributed by atoms with van der Waals surface area (Å²) in [6.07, 6.45) is 3.30. The van der Waals surface area contributed by atoms with Crippen molar-refractivity contribution in [3.8, 4) is 0 Å². The monoisotopic (exact) mass is 306 g/mol. The summed E-state index contributed by atoms with van der Waals surface area (Å²) in [7, 11) is 0. The molecule has 0 aliphatic carbocycles. The van der Waals surface area contributed by atoms with Crippen LogP contribution in [0, 0.1) is 0 Å². The van der Waals surface area contributed by atoms with Crippen LogP contribution >= 0.6 is 11.6 Å². The molecule has 1 aromatic carbocycles. The van der Waals surface area contributed by atoms with E-state index < -0.39 is 0 Å². The SMILES string of the molecule is CCNC(=O)c1cc(NC(=O)Cn2cccn2)ccc1Cl. The van der Waals surface area contributed by atoms with Crippen LogP contribution in [0.2, 0.25) is 5.02 Å². The third kappa shape index (κ3) is 4.06. The summed E-state index contributed by atoms with van der Waals surface area (Å²) in [6.45, 7) is 2.43. The summed E-state index contributed by atoms with van der Waals surface area (Å²) in [5, 5.41) is 9.67. The van der Waals surface area contributed by atoms with E-state index in [0.29, 0.717) is 22.8 Å². The van der Waals surface area contributed by atoms with Gasteiger partial charge in [-0.15, -0.1) is 0 Å². The van der Waals surface area contributed by atoms with Crippen LogP contribution in [0.4, 0.5) is 5.69 Å². The first-order valence-corrected chi connectivity index (χ1v) is 6.83. The molecule has 0 unspecified atom stereocenters. The lowest BCUT2D eigenvalue weighted by molar-refractivity contribution is -0.116. The van der Waals surface area contributed by atoms with Crippen molar-refractivity contribution in [2.75, 3.05) is 11.9 Å². The van der Waals surface area contributed by atoms with Crippen molar-refractivity contribution < 1.29 is 9.59 Å². The Labute approximate surface area is 127 Å². The topological polar surface area (TPSA) is 76.0 Å². The first-order chi connectivity index (χ1) is 10.1. The van der Waals surface area contributed by atoms with Crippen molar-refractivity contribution in [1.82, 2.24) is 15.1 Å². The van der Waals surface area contributed by atoms with Gasteiger partial charge in [0, 0.05) is 24.6 Å². The Kier molecular flexibility index (Phi) is 4.94. The highest BCUT2D eigenvalue weighted by molar-refractivity contribution is 6.34. The number of amides is 2. The minimum absolute atomic E-state index is 0.103. The highest BCUT2D eigenvalue weighted by atomic mass is 35.5. The fraction of sp³-hybridized carbons (Fsp3) is 0.214. The molecule has 6 nitrogen and oxygen atoms in total. The Morgan fingerprint density at radius 2 is 2.19 bits per heavy atom.